The smallest absolute Gasteiger partial charge is 0.226 e. The summed E-state index contributed by atoms with van der Waals surface area (Å²) in [5, 5.41) is 4.06. The minimum atomic E-state index is 0.252. The van der Waals surface area contributed by atoms with Gasteiger partial charge < -0.3 is 10.3 Å². The highest BCUT2D eigenvalue weighted by molar-refractivity contribution is 5.53. The standard InChI is InChI=1S/C17H25N3O/c1-17(2,3)14(11-12-18)9-10-15-19-16(20-21-15)13-7-5-4-6-8-13/h4-8,14H,9-12,18H2,1-3H3. The highest BCUT2D eigenvalue weighted by Crippen LogP contribution is 2.32. The van der Waals surface area contributed by atoms with Crippen molar-refractivity contribution in [1.29, 1.82) is 0 Å². The lowest BCUT2D eigenvalue weighted by Crippen LogP contribution is -2.24. The van der Waals surface area contributed by atoms with Crippen LogP contribution in [0.15, 0.2) is 34.9 Å². The van der Waals surface area contributed by atoms with Gasteiger partial charge in [0.05, 0.1) is 0 Å². The molecule has 0 fully saturated rings. The van der Waals surface area contributed by atoms with Crippen molar-refractivity contribution < 1.29 is 4.52 Å². The molecule has 0 spiro atoms. The first-order valence-electron chi connectivity index (χ1n) is 7.59. The average molecular weight is 287 g/mol. The quantitative estimate of drug-likeness (QED) is 0.880. The van der Waals surface area contributed by atoms with E-state index in [0.29, 0.717) is 17.6 Å². The van der Waals surface area contributed by atoms with Gasteiger partial charge in [-0.2, -0.15) is 4.98 Å². The van der Waals surface area contributed by atoms with Crippen LogP contribution in [0.1, 0.15) is 39.5 Å². The third kappa shape index (κ3) is 4.39. The van der Waals surface area contributed by atoms with Gasteiger partial charge in [0.1, 0.15) is 0 Å². The van der Waals surface area contributed by atoms with Crippen LogP contribution in [-0.4, -0.2) is 16.7 Å². The Morgan fingerprint density at radius 3 is 2.48 bits per heavy atom. The number of nitrogens with two attached hydrogens (primary N) is 1. The molecule has 0 aliphatic carbocycles. The van der Waals surface area contributed by atoms with E-state index in [1.165, 1.54) is 0 Å². The zero-order valence-electron chi connectivity index (χ0n) is 13.2. The summed E-state index contributed by atoms with van der Waals surface area (Å²) in [5.41, 5.74) is 6.96. The highest BCUT2D eigenvalue weighted by atomic mass is 16.5. The summed E-state index contributed by atoms with van der Waals surface area (Å²) >= 11 is 0. The van der Waals surface area contributed by atoms with Gasteiger partial charge in [-0.1, -0.05) is 56.3 Å². The molecule has 1 atom stereocenters. The fraction of sp³-hybridized carbons (Fsp3) is 0.529. The molecule has 2 N–H and O–H groups in total. The Hall–Kier alpha value is -1.68. The van der Waals surface area contributed by atoms with Crippen molar-refractivity contribution in [2.24, 2.45) is 17.1 Å². The van der Waals surface area contributed by atoms with E-state index in [0.717, 1.165) is 31.4 Å². The number of benzene rings is 1. The van der Waals surface area contributed by atoms with Crippen LogP contribution in [0.3, 0.4) is 0 Å². The van der Waals surface area contributed by atoms with Gasteiger partial charge in [0.25, 0.3) is 0 Å². The highest BCUT2D eigenvalue weighted by Gasteiger charge is 2.24. The molecule has 0 amide bonds. The molecule has 0 bridgehead atoms. The first-order chi connectivity index (χ1) is 10.0. The molecule has 4 nitrogen and oxygen atoms in total. The van der Waals surface area contributed by atoms with Crippen molar-refractivity contribution in [3.63, 3.8) is 0 Å². The van der Waals surface area contributed by atoms with Crippen molar-refractivity contribution >= 4 is 0 Å². The number of hydrogen-bond acceptors (Lipinski definition) is 4. The molecule has 0 radical (unpaired) electrons. The third-order valence-electron chi connectivity index (χ3n) is 3.95. The van der Waals surface area contributed by atoms with Crippen LogP contribution in [0.4, 0.5) is 0 Å². The largest absolute Gasteiger partial charge is 0.339 e. The Balaban J connectivity index is 1.99. The van der Waals surface area contributed by atoms with E-state index in [1.807, 2.05) is 30.3 Å². The van der Waals surface area contributed by atoms with Crippen LogP contribution >= 0.6 is 0 Å². The number of rotatable bonds is 6. The van der Waals surface area contributed by atoms with E-state index in [4.69, 9.17) is 10.3 Å². The van der Waals surface area contributed by atoms with Crippen LogP contribution in [0.2, 0.25) is 0 Å². The molecule has 1 aromatic heterocycles. The SMILES string of the molecule is CC(C)(C)C(CCN)CCc1nc(-c2ccccc2)no1. The van der Waals surface area contributed by atoms with Gasteiger partial charge in [0.15, 0.2) is 0 Å². The topological polar surface area (TPSA) is 64.9 Å². The lowest BCUT2D eigenvalue weighted by Gasteiger charge is -2.30. The summed E-state index contributed by atoms with van der Waals surface area (Å²) in [6.45, 7) is 7.50. The predicted octanol–water partition coefficient (Wildman–Crippen LogP) is 3.68. The first kappa shape index (κ1) is 15.7. The van der Waals surface area contributed by atoms with Gasteiger partial charge in [-0.25, -0.2) is 0 Å². The van der Waals surface area contributed by atoms with Gasteiger partial charge in [0.2, 0.25) is 11.7 Å². The molecule has 114 valence electrons. The van der Waals surface area contributed by atoms with Gasteiger partial charge in [-0.15, -0.1) is 0 Å². The van der Waals surface area contributed by atoms with E-state index < -0.39 is 0 Å². The molecule has 0 saturated carbocycles. The summed E-state index contributed by atoms with van der Waals surface area (Å²) in [6.07, 6.45) is 2.86. The Morgan fingerprint density at radius 1 is 1.14 bits per heavy atom. The Kier molecular flexibility index (Phi) is 5.12. The molecule has 1 heterocycles. The molecular formula is C17H25N3O. The van der Waals surface area contributed by atoms with E-state index in [1.54, 1.807) is 0 Å². The minimum Gasteiger partial charge on any atom is -0.339 e. The molecule has 0 saturated heterocycles. The Labute approximate surface area is 126 Å². The fourth-order valence-electron chi connectivity index (χ4n) is 2.57. The Morgan fingerprint density at radius 2 is 1.86 bits per heavy atom. The number of hydrogen-bond donors (Lipinski definition) is 1. The van der Waals surface area contributed by atoms with Crippen LogP contribution in [0.25, 0.3) is 11.4 Å². The monoisotopic (exact) mass is 287 g/mol. The fourth-order valence-corrected chi connectivity index (χ4v) is 2.57. The molecular weight excluding hydrogens is 262 g/mol. The molecule has 1 aromatic carbocycles. The summed E-state index contributed by atoms with van der Waals surface area (Å²) in [4.78, 5) is 4.49. The zero-order valence-corrected chi connectivity index (χ0v) is 13.2. The molecule has 0 aliphatic heterocycles. The van der Waals surface area contributed by atoms with Crippen LogP contribution in [0, 0.1) is 11.3 Å². The van der Waals surface area contributed by atoms with E-state index in [9.17, 15) is 0 Å². The molecule has 4 heteroatoms. The summed E-state index contributed by atoms with van der Waals surface area (Å²) in [6, 6.07) is 9.90. The molecule has 0 aliphatic rings. The number of nitrogens with zero attached hydrogens (tertiary/aromatic N) is 2. The molecule has 2 rings (SSSR count). The van der Waals surface area contributed by atoms with Crippen LogP contribution < -0.4 is 5.73 Å². The molecule has 2 aromatic rings. The molecule has 21 heavy (non-hydrogen) atoms. The van der Waals surface area contributed by atoms with Crippen molar-refractivity contribution in [2.75, 3.05) is 6.54 Å². The van der Waals surface area contributed by atoms with E-state index in [2.05, 4.69) is 30.9 Å². The van der Waals surface area contributed by atoms with E-state index >= 15 is 0 Å². The van der Waals surface area contributed by atoms with Crippen molar-refractivity contribution in [1.82, 2.24) is 10.1 Å². The zero-order chi connectivity index (χ0) is 15.3. The maximum Gasteiger partial charge on any atom is 0.226 e. The van der Waals surface area contributed by atoms with Crippen LogP contribution in [-0.2, 0) is 6.42 Å². The normalized spacial score (nSPS) is 13.3. The van der Waals surface area contributed by atoms with E-state index in [-0.39, 0.29) is 5.41 Å². The van der Waals surface area contributed by atoms with Crippen molar-refractivity contribution in [3.8, 4) is 11.4 Å². The van der Waals surface area contributed by atoms with Crippen LogP contribution in [0.5, 0.6) is 0 Å². The summed E-state index contributed by atoms with van der Waals surface area (Å²) < 4.78 is 5.37. The Bertz CT molecular complexity index is 543. The second kappa shape index (κ2) is 6.85. The van der Waals surface area contributed by atoms with Gasteiger partial charge in [-0.3, -0.25) is 0 Å². The maximum atomic E-state index is 5.72. The third-order valence-corrected chi connectivity index (χ3v) is 3.95. The average Bonchev–Trinajstić information content (AvgIpc) is 2.92. The minimum absolute atomic E-state index is 0.252. The number of aromatic nitrogens is 2. The lowest BCUT2D eigenvalue weighted by molar-refractivity contribution is 0.208. The lowest BCUT2D eigenvalue weighted by atomic mass is 9.76. The second-order valence-electron chi connectivity index (χ2n) is 6.56. The maximum absolute atomic E-state index is 5.72. The second-order valence-corrected chi connectivity index (χ2v) is 6.56. The first-order valence-corrected chi connectivity index (χ1v) is 7.59. The van der Waals surface area contributed by atoms with Gasteiger partial charge in [-0.05, 0) is 30.7 Å². The van der Waals surface area contributed by atoms with Crippen molar-refractivity contribution in [2.45, 2.75) is 40.0 Å². The summed E-state index contributed by atoms with van der Waals surface area (Å²) in [5.74, 6) is 1.94. The molecule has 1 unspecified atom stereocenters. The number of aryl methyl sites for hydroxylation is 1. The van der Waals surface area contributed by atoms with Gasteiger partial charge in [0, 0.05) is 12.0 Å². The van der Waals surface area contributed by atoms with Crippen molar-refractivity contribution in [3.05, 3.63) is 36.2 Å². The summed E-state index contributed by atoms with van der Waals surface area (Å²) in [7, 11) is 0. The predicted molar refractivity (Wildman–Crippen MR) is 84.7 cm³/mol. The van der Waals surface area contributed by atoms with Gasteiger partial charge >= 0.3 is 0 Å².